The summed E-state index contributed by atoms with van der Waals surface area (Å²) in [6, 6.07) is 7.36. The van der Waals surface area contributed by atoms with E-state index in [2.05, 4.69) is 10.5 Å². The number of nitro benzene ring substituents is 1. The Balaban J connectivity index is 1.94. The number of rotatable bonds is 6. The predicted molar refractivity (Wildman–Crippen MR) is 82.2 cm³/mol. The molecular formula is C15H15N3O6. The first-order valence-corrected chi connectivity index (χ1v) is 7.02. The van der Waals surface area contributed by atoms with Crippen molar-refractivity contribution in [1.82, 2.24) is 5.16 Å². The van der Waals surface area contributed by atoms with Crippen molar-refractivity contribution >= 4 is 23.4 Å². The molecule has 9 heteroatoms. The van der Waals surface area contributed by atoms with Gasteiger partial charge in [-0.1, -0.05) is 23.4 Å². The Morgan fingerprint density at radius 3 is 2.75 bits per heavy atom. The zero-order chi connectivity index (χ0) is 17.7. The molecule has 2 rings (SSSR count). The Labute approximate surface area is 136 Å². The van der Waals surface area contributed by atoms with Gasteiger partial charge in [0.1, 0.15) is 5.76 Å². The van der Waals surface area contributed by atoms with Crippen LogP contribution in [-0.4, -0.2) is 28.1 Å². The van der Waals surface area contributed by atoms with E-state index < -0.39 is 22.9 Å². The molecule has 0 bridgehead atoms. The van der Waals surface area contributed by atoms with E-state index in [1.807, 2.05) is 0 Å². The number of nitrogens with zero attached hydrogens (tertiary/aromatic N) is 2. The van der Waals surface area contributed by atoms with Crippen molar-refractivity contribution in [2.24, 2.45) is 0 Å². The van der Waals surface area contributed by atoms with Crippen LogP contribution in [0.2, 0.25) is 0 Å². The summed E-state index contributed by atoms with van der Waals surface area (Å²) in [5.74, 6) is -0.604. The van der Waals surface area contributed by atoms with Crippen LogP contribution in [0.1, 0.15) is 18.2 Å². The lowest BCUT2D eigenvalue weighted by atomic mass is 10.1. The van der Waals surface area contributed by atoms with Crippen LogP contribution >= 0.6 is 0 Å². The maximum Gasteiger partial charge on any atom is 0.311 e. The highest BCUT2D eigenvalue weighted by atomic mass is 16.6. The number of aryl methyl sites for hydroxylation is 1. The number of ether oxygens (including phenoxy) is 1. The van der Waals surface area contributed by atoms with Crippen LogP contribution in [0.5, 0.6) is 0 Å². The Bertz CT molecular complexity index is 770. The van der Waals surface area contributed by atoms with Gasteiger partial charge >= 0.3 is 5.97 Å². The van der Waals surface area contributed by atoms with Crippen LogP contribution < -0.4 is 5.32 Å². The smallest absolute Gasteiger partial charge is 0.311 e. The highest BCUT2D eigenvalue weighted by Crippen LogP contribution is 2.18. The molecule has 0 fully saturated rings. The van der Waals surface area contributed by atoms with Crippen molar-refractivity contribution in [3.05, 3.63) is 51.8 Å². The van der Waals surface area contributed by atoms with Crippen molar-refractivity contribution in [1.29, 1.82) is 0 Å². The Morgan fingerprint density at radius 1 is 1.42 bits per heavy atom. The molecule has 0 aliphatic heterocycles. The molecule has 0 saturated heterocycles. The minimum absolute atomic E-state index is 0.176. The van der Waals surface area contributed by atoms with Gasteiger partial charge in [0.2, 0.25) is 0 Å². The second kappa shape index (κ2) is 7.36. The molecule has 0 spiro atoms. The van der Waals surface area contributed by atoms with Gasteiger partial charge in [0.15, 0.2) is 11.9 Å². The molecule has 0 saturated carbocycles. The van der Waals surface area contributed by atoms with Gasteiger partial charge in [0, 0.05) is 17.7 Å². The van der Waals surface area contributed by atoms with E-state index in [1.54, 1.807) is 13.0 Å². The second-order valence-corrected chi connectivity index (χ2v) is 5.01. The number of carbonyl (C=O) groups excluding carboxylic acids is 2. The molecule has 1 aromatic carbocycles. The zero-order valence-corrected chi connectivity index (χ0v) is 13.0. The number of anilines is 1. The standard InChI is InChI=1S/C15H15N3O6/c1-9-7-13(17-24-9)16-15(20)10(2)23-14(19)8-11-5-3-4-6-12(11)18(21)22/h3-7,10H,8H2,1-2H3,(H,16,17,20). The fraction of sp³-hybridized carbons (Fsp3) is 0.267. The molecule has 0 aliphatic carbocycles. The average molecular weight is 333 g/mol. The number of nitrogens with one attached hydrogen (secondary N) is 1. The van der Waals surface area contributed by atoms with Gasteiger partial charge in [0.05, 0.1) is 11.3 Å². The lowest BCUT2D eigenvalue weighted by molar-refractivity contribution is -0.385. The molecule has 1 unspecified atom stereocenters. The normalized spacial score (nSPS) is 11.6. The Morgan fingerprint density at radius 2 is 2.12 bits per heavy atom. The number of esters is 1. The first-order chi connectivity index (χ1) is 11.4. The Kier molecular flexibility index (Phi) is 5.25. The van der Waals surface area contributed by atoms with Gasteiger partial charge in [0.25, 0.3) is 11.6 Å². The molecule has 1 amide bonds. The number of hydrogen-bond donors (Lipinski definition) is 1. The summed E-state index contributed by atoms with van der Waals surface area (Å²) in [6.07, 6.45) is -1.39. The first-order valence-electron chi connectivity index (χ1n) is 7.02. The van der Waals surface area contributed by atoms with Crippen molar-refractivity contribution in [2.75, 3.05) is 5.32 Å². The minimum atomic E-state index is -1.09. The van der Waals surface area contributed by atoms with Crippen molar-refractivity contribution in [2.45, 2.75) is 26.4 Å². The van der Waals surface area contributed by atoms with Crippen LogP contribution in [0.25, 0.3) is 0 Å². The van der Waals surface area contributed by atoms with Gasteiger partial charge in [-0.2, -0.15) is 0 Å². The van der Waals surface area contributed by atoms with Crippen LogP contribution in [0.3, 0.4) is 0 Å². The third-order valence-corrected chi connectivity index (χ3v) is 3.08. The highest BCUT2D eigenvalue weighted by Gasteiger charge is 2.21. The molecule has 1 atom stereocenters. The highest BCUT2D eigenvalue weighted by molar-refractivity contribution is 5.94. The lowest BCUT2D eigenvalue weighted by Crippen LogP contribution is -2.30. The number of para-hydroxylation sites is 1. The van der Waals surface area contributed by atoms with Crippen LogP contribution in [0.15, 0.2) is 34.9 Å². The third kappa shape index (κ3) is 4.38. The number of nitro groups is 1. The average Bonchev–Trinajstić information content (AvgIpc) is 2.92. The minimum Gasteiger partial charge on any atom is -0.452 e. The summed E-state index contributed by atoms with van der Waals surface area (Å²) in [6.45, 7) is 3.05. The number of hydrogen-bond acceptors (Lipinski definition) is 7. The van der Waals surface area contributed by atoms with Crippen molar-refractivity contribution in [3.63, 3.8) is 0 Å². The molecule has 0 radical (unpaired) electrons. The summed E-state index contributed by atoms with van der Waals surface area (Å²) in [5.41, 5.74) is 0.0388. The van der Waals surface area contributed by atoms with E-state index in [4.69, 9.17) is 9.26 Å². The summed E-state index contributed by atoms with van der Waals surface area (Å²) < 4.78 is 9.80. The predicted octanol–water partition coefficient (Wildman–Crippen LogP) is 2.00. The number of aromatic nitrogens is 1. The van der Waals surface area contributed by atoms with E-state index in [-0.39, 0.29) is 23.5 Å². The van der Waals surface area contributed by atoms with E-state index in [0.29, 0.717) is 5.76 Å². The molecule has 1 N–H and O–H groups in total. The summed E-state index contributed by atoms with van der Waals surface area (Å²) in [7, 11) is 0. The summed E-state index contributed by atoms with van der Waals surface area (Å²) in [4.78, 5) is 34.1. The van der Waals surface area contributed by atoms with Gasteiger partial charge in [-0.05, 0) is 13.8 Å². The monoisotopic (exact) mass is 333 g/mol. The molecular weight excluding hydrogens is 318 g/mol. The van der Waals surface area contributed by atoms with E-state index >= 15 is 0 Å². The number of benzene rings is 1. The van der Waals surface area contributed by atoms with Crippen molar-refractivity contribution < 1.29 is 23.8 Å². The zero-order valence-electron chi connectivity index (χ0n) is 13.0. The SMILES string of the molecule is Cc1cc(NC(=O)C(C)OC(=O)Cc2ccccc2[N+](=O)[O-])no1. The maximum atomic E-state index is 11.9. The van der Waals surface area contributed by atoms with E-state index in [9.17, 15) is 19.7 Å². The van der Waals surface area contributed by atoms with Gasteiger partial charge in [-0.25, -0.2) is 0 Å². The van der Waals surface area contributed by atoms with Crippen molar-refractivity contribution in [3.8, 4) is 0 Å². The quantitative estimate of drug-likeness (QED) is 0.487. The maximum absolute atomic E-state index is 11.9. The van der Waals surface area contributed by atoms with Crippen LogP contribution in [0, 0.1) is 17.0 Å². The fourth-order valence-electron chi connectivity index (χ4n) is 1.94. The molecule has 9 nitrogen and oxygen atoms in total. The third-order valence-electron chi connectivity index (χ3n) is 3.08. The Hall–Kier alpha value is -3.23. The van der Waals surface area contributed by atoms with E-state index in [1.165, 1.54) is 31.2 Å². The van der Waals surface area contributed by atoms with Gasteiger partial charge in [-0.3, -0.25) is 19.7 Å². The van der Waals surface area contributed by atoms with Gasteiger partial charge in [-0.15, -0.1) is 0 Å². The molecule has 0 aliphatic rings. The summed E-state index contributed by atoms with van der Waals surface area (Å²) in [5, 5.41) is 16.9. The van der Waals surface area contributed by atoms with Crippen LogP contribution in [0.4, 0.5) is 11.5 Å². The summed E-state index contributed by atoms with van der Waals surface area (Å²) >= 11 is 0. The molecule has 126 valence electrons. The second-order valence-electron chi connectivity index (χ2n) is 5.01. The molecule has 1 heterocycles. The first kappa shape index (κ1) is 17.1. The number of carbonyl (C=O) groups is 2. The van der Waals surface area contributed by atoms with E-state index in [0.717, 1.165) is 0 Å². The van der Waals surface area contributed by atoms with Gasteiger partial charge < -0.3 is 14.6 Å². The lowest BCUT2D eigenvalue weighted by Gasteiger charge is -2.12. The van der Waals surface area contributed by atoms with Crippen LogP contribution in [-0.2, 0) is 20.7 Å². The molecule has 2 aromatic rings. The molecule has 1 aromatic heterocycles. The largest absolute Gasteiger partial charge is 0.452 e. The number of amides is 1. The fourth-order valence-corrected chi connectivity index (χ4v) is 1.94. The topological polar surface area (TPSA) is 125 Å². The molecule has 24 heavy (non-hydrogen) atoms.